The number of anilines is 1. The number of ether oxygens (including phenoxy) is 3. The minimum Gasteiger partial charge on any atom is -0.487 e. The highest BCUT2D eigenvalue weighted by Gasteiger charge is 2.24. The van der Waals surface area contributed by atoms with Gasteiger partial charge in [0.05, 0.1) is 17.1 Å². The van der Waals surface area contributed by atoms with Gasteiger partial charge in [0.25, 0.3) is 0 Å². The molecule has 0 radical (unpaired) electrons. The highest BCUT2D eigenvalue weighted by atomic mass is 19.1. The second-order valence-corrected chi connectivity index (χ2v) is 9.30. The topological polar surface area (TPSA) is 113 Å². The quantitative estimate of drug-likeness (QED) is 0.292. The fourth-order valence-electron chi connectivity index (χ4n) is 4.69. The zero-order valence-electron chi connectivity index (χ0n) is 20.9. The van der Waals surface area contributed by atoms with Crippen molar-refractivity contribution < 1.29 is 18.6 Å². The number of nitrogens with two attached hydrogens (primary N) is 1. The molecule has 0 aliphatic carbocycles. The molecule has 1 aliphatic rings. The van der Waals surface area contributed by atoms with Crippen molar-refractivity contribution in [3.8, 4) is 28.5 Å². The van der Waals surface area contributed by atoms with Gasteiger partial charge in [0.2, 0.25) is 0 Å². The molecule has 1 fully saturated rings. The van der Waals surface area contributed by atoms with E-state index in [-0.39, 0.29) is 6.04 Å². The Morgan fingerprint density at radius 2 is 1.82 bits per heavy atom. The maximum atomic E-state index is 14.3. The molecule has 0 saturated carbocycles. The number of hydrogen-bond donors (Lipinski definition) is 2. The van der Waals surface area contributed by atoms with E-state index in [4.69, 9.17) is 25.0 Å². The lowest BCUT2D eigenvalue weighted by Gasteiger charge is -2.22. The molecule has 0 atom stereocenters. The normalized spacial score (nSPS) is 14.2. The van der Waals surface area contributed by atoms with E-state index in [2.05, 4.69) is 15.0 Å². The van der Waals surface area contributed by atoms with Crippen molar-refractivity contribution in [2.75, 3.05) is 18.9 Å². The van der Waals surface area contributed by atoms with E-state index >= 15 is 0 Å². The second kappa shape index (κ2) is 10.1. The highest BCUT2D eigenvalue weighted by Crippen LogP contribution is 2.35. The number of aromatic amines is 1. The van der Waals surface area contributed by atoms with Crippen molar-refractivity contribution in [3.63, 3.8) is 0 Å². The number of aryl methyl sites for hydroxylation is 1. The third-order valence-electron chi connectivity index (χ3n) is 6.55. The molecule has 6 rings (SSSR count). The molecule has 10 heteroatoms. The number of nitrogens with zero attached hydrogens (tertiary/aromatic N) is 4. The van der Waals surface area contributed by atoms with Gasteiger partial charge in [-0.25, -0.2) is 19.0 Å². The zero-order chi connectivity index (χ0) is 26.1. The van der Waals surface area contributed by atoms with Gasteiger partial charge in [-0.3, -0.25) is 0 Å². The Morgan fingerprint density at radius 1 is 1.03 bits per heavy atom. The fourth-order valence-corrected chi connectivity index (χ4v) is 4.69. The summed E-state index contributed by atoms with van der Waals surface area (Å²) in [6, 6.07) is 15.8. The molecule has 0 unspecified atom stereocenters. The second-order valence-electron chi connectivity index (χ2n) is 9.30. The van der Waals surface area contributed by atoms with Crippen LogP contribution in [0.15, 0.2) is 60.9 Å². The van der Waals surface area contributed by atoms with Crippen molar-refractivity contribution in [1.82, 2.24) is 24.7 Å². The van der Waals surface area contributed by atoms with Crippen LogP contribution in [0.5, 0.6) is 17.2 Å². The predicted octanol–water partition coefficient (Wildman–Crippen LogP) is 5.57. The van der Waals surface area contributed by atoms with Gasteiger partial charge in [-0.1, -0.05) is 0 Å². The Bertz CT molecular complexity index is 1570. The Balaban J connectivity index is 1.23. The summed E-state index contributed by atoms with van der Waals surface area (Å²) in [7, 11) is 0. The van der Waals surface area contributed by atoms with Gasteiger partial charge in [-0.05, 0) is 56.2 Å². The molecule has 9 nitrogen and oxygen atoms in total. The van der Waals surface area contributed by atoms with Crippen LogP contribution in [0.2, 0.25) is 0 Å². The van der Waals surface area contributed by atoms with Gasteiger partial charge in [0, 0.05) is 42.7 Å². The lowest BCUT2D eigenvalue weighted by atomic mass is 10.1. The molecular weight excluding hydrogens is 487 g/mol. The summed E-state index contributed by atoms with van der Waals surface area (Å²) >= 11 is 0. The molecular formula is C28H27FN6O3. The van der Waals surface area contributed by atoms with E-state index in [9.17, 15) is 4.39 Å². The van der Waals surface area contributed by atoms with Crippen LogP contribution in [0.3, 0.4) is 0 Å². The van der Waals surface area contributed by atoms with E-state index in [1.54, 1.807) is 6.07 Å². The molecule has 0 spiro atoms. The Kier molecular flexibility index (Phi) is 6.38. The molecule has 2 aromatic carbocycles. The van der Waals surface area contributed by atoms with Gasteiger partial charge in [0.15, 0.2) is 5.65 Å². The number of benzene rings is 2. The first-order valence-corrected chi connectivity index (χ1v) is 12.5. The smallest absolute Gasteiger partial charge is 0.164 e. The van der Waals surface area contributed by atoms with Crippen molar-refractivity contribution >= 4 is 16.9 Å². The Hall–Kier alpha value is -4.44. The molecule has 5 aromatic rings. The molecule has 1 aliphatic heterocycles. The van der Waals surface area contributed by atoms with Crippen molar-refractivity contribution in [2.24, 2.45) is 0 Å². The largest absolute Gasteiger partial charge is 0.487 e. The van der Waals surface area contributed by atoms with Gasteiger partial charge in [-0.2, -0.15) is 5.10 Å². The number of H-pyrrole nitrogens is 1. The summed E-state index contributed by atoms with van der Waals surface area (Å²) in [5.74, 6) is 1.19. The molecule has 3 aromatic heterocycles. The number of rotatable bonds is 7. The average molecular weight is 515 g/mol. The first kappa shape index (κ1) is 23.9. The van der Waals surface area contributed by atoms with Crippen LogP contribution in [0.4, 0.5) is 10.2 Å². The number of nitrogen functional groups attached to an aromatic ring is 1. The van der Waals surface area contributed by atoms with Crippen LogP contribution < -0.4 is 15.2 Å². The number of halogens is 1. The van der Waals surface area contributed by atoms with Crippen LogP contribution in [0.25, 0.3) is 22.3 Å². The summed E-state index contributed by atoms with van der Waals surface area (Å²) in [6.07, 6.45) is 3.18. The number of aromatic nitrogens is 5. The summed E-state index contributed by atoms with van der Waals surface area (Å²) in [6.45, 7) is 3.64. The van der Waals surface area contributed by atoms with Crippen LogP contribution >= 0.6 is 0 Å². The minimum atomic E-state index is -0.447. The first-order valence-electron chi connectivity index (χ1n) is 12.5. The van der Waals surface area contributed by atoms with Gasteiger partial charge in [0.1, 0.15) is 47.5 Å². The Morgan fingerprint density at radius 3 is 2.58 bits per heavy atom. The van der Waals surface area contributed by atoms with Crippen LogP contribution in [0.1, 0.15) is 30.3 Å². The third-order valence-corrected chi connectivity index (χ3v) is 6.55. The molecule has 0 bridgehead atoms. The lowest BCUT2D eigenvalue weighted by Crippen LogP contribution is -2.20. The summed E-state index contributed by atoms with van der Waals surface area (Å²) in [5.41, 5.74) is 10.5. The molecule has 4 heterocycles. The van der Waals surface area contributed by atoms with Gasteiger partial charge < -0.3 is 24.9 Å². The predicted molar refractivity (Wildman–Crippen MR) is 141 cm³/mol. The van der Waals surface area contributed by atoms with Crippen LogP contribution in [-0.2, 0) is 11.3 Å². The van der Waals surface area contributed by atoms with Crippen LogP contribution in [-0.4, -0.2) is 37.9 Å². The monoisotopic (exact) mass is 514 g/mol. The van der Waals surface area contributed by atoms with Crippen molar-refractivity contribution in [3.05, 3.63) is 78.1 Å². The summed E-state index contributed by atoms with van der Waals surface area (Å²) in [5, 5.41) is 5.62. The SMILES string of the molecule is Cc1ccc(COc2cc(F)cc(Oc3ccc(-c4nn(C5CCOCC5)c5ncnc(N)c45)cc3)c2)[nH]1. The molecule has 1 saturated heterocycles. The zero-order valence-corrected chi connectivity index (χ0v) is 20.9. The van der Waals surface area contributed by atoms with Gasteiger partial charge >= 0.3 is 0 Å². The maximum Gasteiger partial charge on any atom is 0.164 e. The number of fused-ring (bicyclic) bond motifs is 1. The number of hydrogen-bond acceptors (Lipinski definition) is 7. The fraction of sp³-hybridized carbons (Fsp3) is 0.250. The van der Waals surface area contributed by atoms with E-state index in [0.29, 0.717) is 54.2 Å². The first-order chi connectivity index (χ1) is 18.5. The standard InChI is InChI=1S/C28H27FN6O3/c1-17-2-5-20(33-17)15-37-23-12-19(29)13-24(14-23)38-22-6-3-18(4-7-22)26-25-27(30)31-16-32-28(25)35(34-26)21-8-10-36-11-9-21/h2-7,12-14,16,21,33H,8-11,15H2,1H3,(H2,30,31,32). The highest BCUT2D eigenvalue weighted by molar-refractivity contribution is 5.98. The van der Waals surface area contributed by atoms with Crippen LogP contribution in [0, 0.1) is 12.7 Å². The van der Waals surface area contributed by atoms with E-state index in [0.717, 1.165) is 35.2 Å². The maximum absolute atomic E-state index is 14.3. The summed E-state index contributed by atoms with van der Waals surface area (Å²) < 4.78 is 33.4. The van der Waals surface area contributed by atoms with E-state index < -0.39 is 5.82 Å². The summed E-state index contributed by atoms with van der Waals surface area (Å²) in [4.78, 5) is 11.9. The average Bonchev–Trinajstić information content (AvgIpc) is 3.52. The number of nitrogens with one attached hydrogen (secondary N) is 1. The molecule has 194 valence electrons. The molecule has 38 heavy (non-hydrogen) atoms. The molecule has 3 N–H and O–H groups in total. The van der Waals surface area contributed by atoms with E-state index in [1.807, 2.05) is 48.0 Å². The van der Waals surface area contributed by atoms with Gasteiger partial charge in [-0.15, -0.1) is 0 Å². The molecule has 0 amide bonds. The lowest BCUT2D eigenvalue weighted by molar-refractivity contribution is 0.0674. The minimum absolute atomic E-state index is 0.183. The van der Waals surface area contributed by atoms with Crippen molar-refractivity contribution in [2.45, 2.75) is 32.4 Å². The van der Waals surface area contributed by atoms with Crippen molar-refractivity contribution in [1.29, 1.82) is 0 Å². The third kappa shape index (κ3) is 4.90. The van der Waals surface area contributed by atoms with E-state index in [1.165, 1.54) is 18.5 Å². The Labute approximate surface area is 218 Å².